The number of nitrogens with zero attached hydrogens (tertiary/aromatic N) is 4. The number of halogens is 1. The average molecular weight is 344 g/mol. The van der Waals surface area contributed by atoms with Gasteiger partial charge in [0, 0.05) is 38.0 Å². The highest BCUT2D eigenvalue weighted by Gasteiger charge is 2.13. The van der Waals surface area contributed by atoms with Gasteiger partial charge in [0.25, 0.3) is 0 Å². The third kappa shape index (κ3) is 3.17. The molecular formula is C18H22ClN5. The summed E-state index contributed by atoms with van der Waals surface area (Å²) >= 11 is 6.22. The molecule has 24 heavy (non-hydrogen) atoms. The topological polar surface area (TPSA) is 45.5 Å². The van der Waals surface area contributed by atoms with Crippen molar-refractivity contribution in [1.29, 1.82) is 0 Å². The van der Waals surface area contributed by atoms with E-state index in [1.54, 1.807) is 0 Å². The molecule has 1 N–H and O–H groups in total. The number of para-hydroxylation sites is 1. The number of nitrogens with one attached hydrogen (secondary N) is 1. The van der Waals surface area contributed by atoms with Gasteiger partial charge in [0.15, 0.2) is 5.65 Å². The average Bonchev–Trinajstić information content (AvgIpc) is 2.96. The number of aromatic nitrogens is 3. The van der Waals surface area contributed by atoms with Crippen molar-refractivity contribution in [3.05, 3.63) is 52.8 Å². The molecule has 0 aliphatic heterocycles. The van der Waals surface area contributed by atoms with Crippen LogP contribution in [0.25, 0.3) is 5.65 Å². The fraction of sp³-hybridized carbons (Fsp3) is 0.333. The highest BCUT2D eigenvalue weighted by atomic mass is 35.5. The molecule has 0 saturated carbocycles. The van der Waals surface area contributed by atoms with Crippen molar-refractivity contribution in [2.24, 2.45) is 0 Å². The van der Waals surface area contributed by atoms with Gasteiger partial charge in [-0.1, -0.05) is 43.6 Å². The summed E-state index contributed by atoms with van der Waals surface area (Å²) in [5.74, 6) is 1.18. The lowest BCUT2D eigenvalue weighted by atomic mass is 10.1. The zero-order chi connectivity index (χ0) is 17.3. The Hall–Kier alpha value is -2.27. The van der Waals surface area contributed by atoms with Gasteiger partial charge in [-0.25, -0.2) is 4.98 Å². The smallest absolute Gasteiger partial charge is 0.162 e. The third-order valence-corrected chi connectivity index (χ3v) is 4.22. The first-order chi connectivity index (χ1) is 11.5. The Morgan fingerprint density at radius 2 is 2.00 bits per heavy atom. The summed E-state index contributed by atoms with van der Waals surface area (Å²) in [6.07, 6.45) is 1.86. The Balaban J connectivity index is 1.94. The molecule has 0 fully saturated rings. The molecule has 0 bridgehead atoms. The molecule has 6 heteroatoms. The van der Waals surface area contributed by atoms with Gasteiger partial charge in [-0.05, 0) is 17.5 Å². The molecule has 3 rings (SSSR count). The summed E-state index contributed by atoms with van der Waals surface area (Å²) in [6, 6.07) is 10.1. The maximum Gasteiger partial charge on any atom is 0.162 e. The van der Waals surface area contributed by atoms with Crippen LogP contribution in [-0.4, -0.2) is 28.7 Å². The summed E-state index contributed by atoms with van der Waals surface area (Å²) in [7, 11) is 4.09. The maximum absolute atomic E-state index is 6.22. The molecule has 0 atom stereocenters. The Morgan fingerprint density at radius 1 is 1.25 bits per heavy atom. The van der Waals surface area contributed by atoms with Gasteiger partial charge in [0.2, 0.25) is 0 Å². The summed E-state index contributed by atoms with van der Waals surface area (Å²) in [4.78, 5) is 6.54. The summed E-state index contributed by atoms with van der Waals surface area (Å²) in [6.45, 7) is 4.93. The zero-order valence-corrected chi connectivity index (χ0v) is 15.2. The number of benzene rings is 1. The predicted molar refractivity (Wildman–Crippen MR) is 100 cm³/mol. The first kappa shape index (κ1) is 16.6. The number of hydrogen-bond acceptors (Lipinski definition) is 4. The van der Waals surface area contributed by atoms with Gasteiger partial charge in [-0.15, -0.1) is 0 Å². The standard InChI is InChI=1S/C18H22ClN5/c1-12(2)14-11-21-24-17(9-16(19)22-18(14)24)20-10-13-7-5-6-8-15(13)23(3)4/h5-9,11-12,20H,10H2,1-4H3. The molecule has 0 amide bonds. The van der Waals surface area contributed by atoms with Gasteiger partial charge in [0.05, 0.1) is 6.20 Å². The van der Waals surface area contributed by atoms with Gasteiger partial charge >= 0.3 is 0 Å². The molecule has 0 radical (unpaired) electrons. The van der Waals surface area contributed by atoms with Crippen LogP contribution in [0.2, 0.25) is 5.15 Å². The Bertz CT molecular complexity index is 854. The first-order valence-electron chi connectivity index (χ1n) is 8.00. The first-order valence-corrected chi connectivity index (χ1v) is 8.38. The van der Waals surface area contributed by atoms with E-state index in [4.69, 9.17) is 11.6 Å². The van der Waals surface area contributed by atoms with Crippen LogP contribution in [0.1, 0.15) is 30.9 Å². The molecule has 0 aliphatic rings. The zero-order valence-electron chi connectivity index (χ0n) is 14.4. The van der Waals surface area contributed by atoms with Crippen LogP contribution < -0.4 is 10.2 Å². The molecule has 1 aromatic carbocycles. The second kappa shape index (κ2) is 6.69. The molecule has 5 nitrogen and oxygen atoms in total. The van der Waals surface area contributed by atoms with E-state index in [-0.39, 0.29) is 0 Å². The fourth-order valence-electron chi connectivity index (χ4n) is 2.77. The molecule has 126 valence electrons. The van der Waals surface area contributed by atoms with Gasteiger partial charge < -0.3 is 10.2 Å². The fourth-order valence-corrected chi connectivity index (χ4v) is 2.95. The number of rotatable bonds is 5. The van der Waals surface area contributed by atoms with Crippen LogP contribution in [0.3, 0.4) is 0 Å². The normalized spacial score (nSPS) is 11.2. The lowest BCUT2D eigenvalue weighted by molar-refractivity contribution is 0.871. The minimum Gasteiger partial charge on any atom is -0.377 e. The monoisotopic (exact) mass is 343 g/mol. The molecule has 0 aliphatic carbocycles. The van der Waals surface area contributed by atoms with Crippen LogP contribution in [0.4, 0.5) is 11.5 Å². The molecular weight excluding hydrogens is 322 g/mol. The van der Waals surface area contributed by atoms with Crippen molar-refractivity contribution >= 4 is 28.8 Å². The SMILES string of the molecule is CC(C)c1cnn2c(NCc3ccccc3N(C)C)cc(Cl)nc12. The second-order valence-corrected chi connectivity index (χ2v) is 6.72. The minimum atomic E-state index is 0.343. The van der Waals surface area contributed by atoms with Crippen molar-refractivity contribution in [3.63, 3.8) is 0 Å². The van der Waals surface area contributed by atoms with Gasteiger partial charge in [-0.2, -0.15) is 9.61 Å². The number of anilines is 2. The van der Waals surface area contributed by atoms with Crippen LogP contribution in [0, 0.1) is 0 Å². The lowest BCUT2D eigenvalue weighted by Gasteiger charge is -2.18. The van der Waals surface area contributed by atoms with Crippen molar-refractivity contribution in [3.8, 4) is 0 Å². The van der Waals surface area contributed by atoms with Crippen LogP contribution >= 0.6 is 11.6 Å². The highest BCUT2D eigenvalue weighted by Crippen LogP contribution is 2.25. The van der Waals surface area contributed by atoms with Gasteiger partial charge in [0.1, 0.15) is 11.0 Å². The van der Waals surface area contributed by atoms with E-state index in [1.165, 1.54) is 11.3 Å². The molecule has 0 unspecified atom stereocenters. The number of hydrogen-bond donors (Lipinski definition) is 1. The van der Waals surface area contributed by atoms with Gasteiger partial charge in [-0.3, -0.25) is 0 Å². The van der Waals surface area contributed by atoms with Crippen LogP contribution in [0.15, 0.2) is 36.5 Å². The van der Waals surface area contributed by atoms with E-state index in [9.17, 15) is 0 Å². The van der Waals surface area contributed by atoms with Crippen molar-refractivity contribution in [2.75, 3.05) is 24.3 Å². The van der Waals surface area contributed by atoms with E-state index in [2.05, 4.69) is 46.3 Å². The molecule has 2 heterocycles. The molecule has 0 spiro atoms. The highest BCUT2D eigenvalue weighted by molar-refractivity contribution is 6.29. The maximum atomic E-state index is 6.22. The van der Waals surface area contributed by atoms with E-state index < -0.39 is 0 Å². The lowest BCUT2D eigenvalue weighted by Crippen LogP contribution is -2.13. The largest absolute Gasteiger partial charge is 0.377 e. The quantitative estimate of drug-likeness (QED) is 0.706. The predicted octanol–water partition coefficient (Wildman–Crippen LogP) is 4.18. The molecule has 3 aromatic rings. The number of fused-ring (bicyclic) bond motifs is 1. The molecule has 2 aromatic heterocycles. The third-order valence-electron chi connectivity index (χ3n) is 4.02. The minimum absolute atomic E-state index is 0.343. The Kier molecular flexibility index (Phi) is 4.62. The van der Waals surface area contributed by atoms with E-state index >= 15 is 0 Å². The van der Waals surface area contributed by atoms with Crippen molar-refractivity contribution in [2.45, 2.75) is 26.3 Å². The van der Waals surface area contributed by atoms with Crippen LogP contribution in [0.5, 0.6) is 0 Å². The molecule has 0 saturated heterocycles. The summed E-state index contributed by atoms with van der Waals surface area (Å²) in [5, 5.41) is 8.38. The van der Waals surface area contributed by atoms with E-state index in [0.717, 1.165) is 17.0 Å². The van der Waals surface area contributed by atoms with E-state index in [1.807, 2.05) is 43.0 Å². The van der Waals surface area contributed by atoms with Crippen molar-refractivity contribution in [1.82, 2.24) is 14.6 Å². The van der Waals surface area contributed by atoms with Crippen LogP contribution in [-0.2, 0) is 6.54 Å². The summed E-state index contributed by atoms with van der Waals surface area (Å²) < 4.78 is 1.82. The van der Waals surface area contributed by atoms with Crippen molar-refractivity contribution < 1.29 is 0 Å². The Morgan fingerprint density at radius 3 is 2.71 bits per heavy atom. The second-order valence-electron chi connectivity index (χ2n) is 6.33. The Labute approximate surface area is 147 Å². The summed E-state index contributed by atoms with van der Waals surface area (Å²) in [5.41, 5.74) is 4.29. The van der Waals surface area contributed by atoms with E-state index in [0.29, 0.717) is 17.6 Å².